The fourth-order valence-corrected chi connectivity index (χ4v) is 3.12. The molecule has 1 aromatic rings. The van der Waals surface area contributed by atoms with Crippen LogP contribution in [0.2, 0.25) is 0 Å². The summed E-state index contributed by atoms with van der Waals surface area (Å²) in [6, 6.07) is 10.5. The van der Waals surface area contributed by atoms with Crippen molar-refractivity contribution in [3.63, 3.8) is 0 Å². The maximum Gasteiger partial charge on any atom is 0.127 e. The van der Waals surface area contributed by atoms with Crippen LogP contribution in [0.4, 0.5) is 0 Å². The van der Waals surface area contributed by atoms with Crippen LogP contribution < -0.4 is 9.80 Å². The Bertz CT molecular complexity index is 339. The second-order valence-electron chi connectivity index (χ2n) is 5.23. The third-order valence-electron chi connectivity index (χ3n) is 3.65. The Morgan fingerprint density at radius 3 is 2.53 bits per heavy atom. The van der Waals surface area contributed by atoms with Crippen molar-refractivity contribution in [1.29, 1.82) is 0 Å². The van der Waals surface area contributed by atoms with E-state index < -0.39 is 0 Å². The number of piperazine rings is 1. The van der Waals surface area contributed by atoms with E-state index in [4.69, 9.17) is 4.74 Å². The van der Waals surface area contributed by atoms with Crippen molar-refractivity contribution in [2.75, 3.05) is 58.7 Å². The highest BCUT2D eigenvalue weighted by Gasteiger charge is 2.18. The summed E-state index contributed by atoms with van der Waals surface area (Å²) >= 11 is 1.87. The van der Waals surface area contributed by atoms with E-state index in [2.05, 4.69) is 37.4 Å². The van der Waals surface area contributed by atoms with E-state index in [1.165, 1.54) is 37.6 Å². The molecule has 1 heterocycles. The van der Waals surface area contributed by atoms with Gasteiger partial charge in [0.1, 0.15) is 32.7 Å². The zero-order chi connectivity index (χ0) is 13.3. The number of rotatable bonds is 7. The van der Waals surface area contributed by atoms with E-state index >= 15 is 0 Å². The molecule has 0 saturated carbocycles. The third kappa shape index (κ3) is 5.95. The Morgan fingerprint density at radius 2 is 1.79 bits per heavy atom. The molecule has 0 aliphatic carbocycles. The van der Waals surface area contributed by atoms with E-state index in [1.54, 1.807) is 9.80 Å². The van der Waals surface area contributed by atoms with Crippen LogP contribution in [0.5, 0.6) is 0 Å². The molecular weight excluding hydrogens is 256 g/mol. The van der Waals surface area contributed by atoms with Crippen molar-refractivity contribution in [1.82, 2.24) is 0 Å². The lowest BCUT2D eigenvalue weighted by Crippen LogP contribution is -3.27. The molecule has 4 heteroatoms. The number of hydrogen-bond acceptors (Lipinski definition) is 2. The molecule has 0 unspecified atom stereocenters. The molecule has 0 spiro atoms. The first kappa shape index (κ1) is 14.9. The molecule has 0 amide bonds. The van der Waals surface area contributed by atoms with Gasteiger partial charge in [-0.1, -0.05) is 18.2 Å². The standard InChI is InChI=1S/C15H24N2OS/c1-16-7-9-17(10-8-16)11-12-18-13-14-19-15-5-3-2-4-6-15/h2-6H,7-14H2,1H3/p+2. The minimum Gasteiger partial charge on any atom is -0.375 e. The van der Waals surface area contributed by atoms with Crippen LogP contribution in [0, 0.1) is 0 Å². The zero-order valence-corrected chi connectivity index (χ0v) is 12.7. The molecule has 1 aliphatic rings. The van der Waals surface area contributed by atoms with Crippen LogP contribution in [0.25, 0.3) is 0 Å². The highest BCUT2D eigenvalue weighted by molar-refractivity contribution is 7.99. The van der Waals surface area contributed by atoms with Gasteiger partial charge in [-0.2, -0.15) is 0 Å². The maximum absolute atomic E-state index is 5.74. The van der Waals surface area contributed by atoms with Gasteiger partial charge in [-0.3, -0.25) is 0 Å². The molecular formula is C15H26N2OS+2. The zero-order valence-electron chi connectivity index (χ0n) is 11.9. The Labute approximate surface area is 120 Å². The van der Waals surface area contributed by atoms with Gasteiger partial charge in [-0.25, -0.2) is 0 Å². The van der Waals surface area contributed by atoms with Gasteiger partial charge >= 0.3 is 0 Å². The lowest BCUT2D eigenvalue weighted by atomic mass is 10.3. The predicted molar refractivity (Wildman–Crippen MR) is 80.2 cm³/mol. The van der Waals surface area contributed by atoms with Gasteiger partial charge < -0.3 is 14.5 Å². The topological polar surface area (TPSA) is 18.1 Å². The van der Waals surface area contributed by atoms with Crippen LogP contribution in [0.1, 0.15) is 0 Å². The smallest absolute Gasteiger partial charge is 0.127 e. The van der Waals surface area contributed by atoms with Gasteiger partial charge in [-0.05, 0) is 12.1 Å². The number of quaternary nitrogens is 2. The lowest BCUT2D eigenvalue weighted by molar-refractivity contribution is -1.00. The van der Waals surface area contributed by atoms with Crippen LogP contribution in [-0.2, 0) is 4.74 Å². The Kier molecular flexibility index (Phi) is 6.71. The molecule has 1 aliphatic heterocycles. The summed E-state index contributed by atoms with van der Waals surface area (Å²) in [5.41, 5.74) is 0. The van der Waals surface area contributed by atoms with Gasteiger partial charge in [0, 0.05) is 10.6 Å². The summed E-state index contributed by atoms with van der Waals surface area (Å²) in [6.45, 7) is 8.14. The van der Waals surface area contributed by atoms with Crippen molar-refractivity contribution >= 4 is 11.8 Å². The summed E-state index contributed by atoms with van der Waals surface area (Å²) in [7, 11) is 2.29. The molecule has 1 fully saturated rings. The lowest BCUT2D eigenvalue weighted by Gasteiger charge is -2.27. The average molecular weight is 282 g/mol. The predicted octanol–water partition coefficient (Wildman–Crippen LogP) is -0.791. The number of thioether (sulfide) groups is 1. The highest BCUT2D eigenvalue weighted by Crippen LogP contribution is 2.15. The first-order valence-electron chi connectivity index (χ1n) is 7.25. The molecule has 2 N–H and O–H groups in total. The third-order valence-corrected chi connectivity index (χ3v) is 4.63. The van der Waals surface area contributed by atoms with Crippen molar-refractivity contribution in [3.8, 4) is 0 Å². The molecule has 1 aromatic carbocycles. The number of hydrogen-bond donors (Lipinski definition) is 2. The number of benzene rings is 1. The van der Waals surface area contributed by atoms with Crippen molar-refractivity contribution < 1.29 is 14.5 Å². The number of ether oxygens (including phenoxy) is 1. The molecule has 2 rings (SSSR count). The molecule has 0 aromatic heterocycles. The molecule has 0 radical (unpaired) electrons. The van der Waals surface area contributed by atoms with Gasteiger partial charge in [0.05, 0.1) is 20.3 Å². The van der Waals surface area contributed by atoms with Crippen LogP contribution in [-0.4, -0.2) is 58.7 Å². The Balaban J connectivity index is 1.46. The summed E-state index contributed by atoms with van der Waals surface area (Å²) in [5.74, 6) is 1.05. The normalized spacial score (nSPS) is 23.4. The van der Waals surface area contributed by atoms with E-state index in [9.17, 15) is 0 Å². The number of nitrogens with one attached hydrogen (secondary N) is 2. The second kappa shape index (κ2) is 8.59. The molecule has 106 valence electrons. The summed E-state index contributed by atoms with van der Waals surface area (Å²) < 4.78 is 5.74. The van der Waals surface area contributed by atoms with Gasteiger partial charge in [0.25, 0.3) is 0 Å². The first-order chi connectivity index (χ1) is 9.34. The van der Waals surface area contributed by atoms with E-state index in [0.29, 0.717) is 0 Å². The summed E-state index contributed by atoms with van der Waals surface area (Å²) in [6.07, 6.45) is 0. The van der Waals surface area contributed by atoms with Crippen LogP contribution >= 0.6 is 11.8 Å². The largest absolute Gasteiger partial charge is 0.375 e. The Hall–Kier alpha value is -0.550. The van der Waals surface area contributed by atoms with Gasteiger partial charge in [0.15, 0.2) is 0 Å². The molecule has 19 heavy (non-hydrogen) atoms. The fraction of sp³-hybridized carbons (Fsp3) is 0.600. The van der Waals surface area contributed by atoms with Crippen LogP contribution in [0.15, 0.2) is 35.2 Å². The fourth-order valence-electron chi connectivity index (χ4n) is 2.33. The second-order valence-corrected chi connectivity index (χ2v) is 6.40. The van der Waals surface area contributed by atoms with E-state index in [1.807, 2.05) is 11.8 Å². The molecule has 0 atom stereocenters. The van der Waals surface area contributed by atoms with Crippen molar-refractivity contribution in [2.45, 2.75) is 4.90 Å². The minimum atomic E-state index is 0.859. The van der Waals surface area contributed by atoms with Crippen molar-refractivity contribution in [2.24, 2.45) is 0 Å². The number of likely N-dealkylation sites (N-methyl/N-ethyl adjacent to an activating group) is 1. The Morgan fingerprint density at radius 1 is 1.05 bits per heavy atom. The summed E-state index contributed by atoms with van der Waals surface area (Å²) in [5, 5.41) is 0. The SMILES string of the molecule is C[NH+]1CC[NH+](CCOCCSc2ccccc2)CC1. The highest BCUT2D eigenvalue weighted by atomic mass is 32.2. The van der Waals surface area contributed by atoms with Gasteiger partial charge in [-0.15, -0.1) is 11.8 Å². The quantitative estimate of drug-likeness (QED) is 0.504. The van der Waals surface area contributed by atoms with Crippen molar-refractivity contribution in [3.05, 3.63) is 30.3 Å². The molecule has 1 saturated heterocycles. The summed E-state index contributed by atoms with van der Waals surface area (Å²) in [4.78, 5) is 4.71. The van der Waals surface area contributed by atoms with Crippen LogP contribution in [0.3, 0.4) is 0 Å². The average Bonchev–Trinajstić information content (AvgIpc) is 2.46. The first-order valence-corrected chi connectivity index (χ1v) is 8.23. The monoisotopic (exact) mass is 282 g/mol. The molecule has 3 nitrogen and oxygen atoms in total. The maximum atomic E-state index is 5.74. The molecule has 0 bridgehead atoms. The van der Waals surface area contributed by atoms with E-state index in [-0.39, 0.29) is 0 Å². The van der Waals surface area contributed by atoms with E-state index in [0.717, 1.165) is 19.0 Å². The van der Waals surface area contributed by atoms with Gasteiger partial charge in [0.2, 0.25) is 0 Å². The minimum absolute atomic E-state index is 0.859.